The topological polar surface area (TPSA) is 134 Å². The van der Waals surface area contributed by atoms with Crippen LogP contribution in [0.3, 0.4) is 0 Å². The van der Waals surface area contributed by atoms with Gasteiger partial charge in [-0.2, -0.15) is 31.4 Å². The molecule has 2 saturated heterocycles. The standard InChI is InChI=1S/C17H28N4O2.2C2HF3O2/c1-3-22-10-8-21-11-14-5-4-9-23-17(14)15(12-21)18-16-7-6-13(2)19-20-16;2*3-2(4,5)1(6)7/h6-7,14-15,17H,3-5,8-12H2,1-2H3,(H,18,20);2*(H,6,7)/t14-,15?,17-;;/m0../s1. The lowest BCUT2D eigenvalue weighted by molar-refractivity contribution is -0.193. The molecule has 10 nitrogen and oxygen atoms in total. The van der Waals surface area contributed by atoms with E-state index in [0.29, 0.717) is 5.92 Å². The maximum Gasteiger partial charge on any atom is 0.490 e. The summed E-state index contributed by atoms with van der Waals surface area (Å²) in [7, 11) is 0. The number of carboxylic acid groups (broad SMARTS) is 2. The number of hydrogen-bond acceptors (Lipinski definition) is 8. The van der Waals surface area contributed by atoms with Gasteiger partial charge in [-0.15, -0.1) is 5.10 Å². The minimum Gasteiger partial charge on any atom is -0.475 e. The van der Waals surface area contributed by atoms with Crippen LogP contribution in [0.2, 0.25) is 0 Å². The molecule has 0 aromatic carbocycles. The SMILES string of the molecule is CCOCCN1CC(Nc2ccc(C)nn2)[C@H]2OCCC[C@H]2C1.O=C(O)C(F)(F)F.O=C(O)C(F)(F)F. The number of anilines is 1. The van der Waals surface area contributed by atoms with Crippen LogP contribution in [-0.2, 0) is 19.1 Å². The second kappa shape index (κ2) is 14.9. The fraction of sp³-hybridized carbons (Fsp3) is 0.714. The summed E-state index contributed by atoms with van der Waals surface area (Å²) >= 11 is 0. The first-order valence-corrected chi connectivity index (χ1v) is 11.2. The largest absolute Gasteiger partial charge is 0.490 e. The zero-order valence-corrected chi connectivity index (χ0v) is 20.2. The van der Waals surface area contributed by atoms with E-state index in [1.54, 1.807) is 0 Å². The molecule has 212 valence electrons. The van der Waals surface area contributed by atoms with Gasteiger partial charge in [-0.3, -0.25) is 4.90 Å². The zero-order valence-electron chi connectivity index (χ0n) is 20.2. The molecular weight excluding hydrogens is 518 g/mol. The van der Waals surface area contributed by atoms with Crippen LogP contribution in [0.5, 0.6) is 0 Å². The molecular formula is C21H30F6N4O6. The van der Waals surface area contributed by atoms with Gasteiger partial charge >= 0.3 is 24.3 Å². The molecule has 0 saturated carbocycles. The summed E-state index contributed by atoms with van der Waals surface area (Å²) in [5.74, 6) is -4.09. The number of alkyl halides is 6. The number of nitrogens with one attached hydrogen (secondary N) is 1. The van der Waals surface area contributed by atoms with Crippen LogP contribution in [0.15, 0.2) is 12.1 Å². The van der Waals surface area contributed by atoms with Crippen LogP contribution in [-0.4, -0.2) is 101 Å². The Kier molecular flexibility index (Phi) is 13.0. The summed E-state index contributed by atoms with van der Waals surface area (Å²) in [6.45, 7) is 9.50. The van der Waals surface area contributed by atoms with Crippen molar-refractivity contribution in [2.75, 3.05) is 44.8 Å². The van der Waals surface area contributed by atoms with Crippen molar-refractivity contribution in [3.8, 4) is 0 Å². The first-order chi connectivity index (χ1) is 17.1. The number of fused-ring (bicyclic) bond motifs is 1. The Morgan fingerprint density at radius 1 is 1.11 bits per heavy atom. The number of ether oxygens (including phenoxy) is 2. The van der Waals surface area contributed by atoms with Crippen molar-refractivity contribution in [3.63, 3.8) is 0 Å². The highest BCUT2D eigenvalue weighted by Crippen LogP contribution is 2.30. The molecule has 3 atom stereocenters. The third-order valence-corrected chi connectivity index (χ3v) is 5.21. The van der Waals surface area contributed by atoms with Crippen LogP contribution < -0.4 is 5.32 Å². The van der Waals surface area contributed by atoms with Crippen molar-refractivity contribution in [1.82, 2.24) is 15.1 Å². The predicted octanol–water partition coefficient (Wildman–Crippen LogP) is 2.98. The Balaban J connectivity index is 0.000000404. The lowest BCUT2D eigenvalue weighted by atomic mass is 9.85. The highest BCUT2D eigenvalue weighted by Gasteiger charge is 2.40. The molecule has 0 spiro atoms. The molecule has 0 radical (unpaired) electrons. The van der Waals surface area contributed by atoms with E-state index in [4.69, 9.17) is 29.3 Å². The number of rotatable bonds is 6. The van der Waals surface area contributed by atoms with E-state index in [1.165, 1.54) is 6.42 Å². The van der Waals surface area contributed by atoms with Gasteiger partial charge in [0.25, 0.3) is 0 Å². The van der Waals surface area contributed by atoms with Gasteiger partial charge in [0, 0.05) is 32.8 Å². The van der Waals surface area contributed by atoms with Crippen LogP contribution in [0.25, 0.3) is 0 Å². The van der Waals surface area contributed by atoms with E-state index < -0.39 is 24.3 Å². The second-order valence-electron chi connectivity index (χ2n) is 8.11. The quantitative estimate of drug-likeness (QED) is 0.360. The van der Waals surface area contributed by atoms with E-state index in [0.717, 1.165) is 57.4 Å². The average molecular weight is 548 g/mol. The van der Waals surface area contributed by atoms with E-state index in [1.807, 2.05) is 26.0 Å². The molecule has 2 fully saturated rings. The molecule has 1 aromatic rings. The molecule has 0 bridgehead atoms. The normalized spacial score (nSPS) is 21.9. The van der Waals surface area contributed by atoms with Crippen LogP contribution >= 0.6 is 0 Å². The summed E-state index contributed by atoms with van der Waals surface area (Å²) in [5.41, 5.74) is 0.935. The molecule has 0 aliphatic carbocycles. The number of piperidine rings is 1. The predicted molar refractivity (Wildman–Crippen MR) is 117 cm³/mol. The van der Waals surface area contributed by atoms with Crippen molar-refractivity contribution in [2.24, 2.45) is 5.92 Å². The van der Waals surface area contributed by atoms with Crippen molar-refractivity contribution < 1.29 is 55.6 Å². The maximum absolute atomic E-state index is 10.6. The van der Waals surface area contributed by atoms with Crippen LogP contribution in [0.1, 0.15) is 25.5 Å². The van der Waals surface area contributed by atoms with Crippen molar-refractivity contribution in [2.45, 2.75) is 51.2 Å². The third kappa shape index (κ3) is 12.4. The van der Waals surface area contributed by atoms with E-state index >= 15 is 0 Å². The van der Waals surface area contributed by atoms with Gasteiger partial charge in [-0.1, -0.05) is 0 Å². The average Bonchev–Trinajstić information content (AvgIpc) is 2.80. The molecule has 3 heterocycles. The smallest absolute Gasteiger partial charge is 0.475 e. The summed E-state index contributed by atoms with van der Waals surface area (Å²) < 4.78 is 75.1. The van der Waals surface area contributed by atoms with Crippen molar-refractivity contribution in [3.05, 3.63) is 17.8 Å². The molecule has 2 aliphatic heterocycles. The van der Waals surface area contributed by atoms with E-state index in [2.05, 4.69) is 20.4 Å². The molecule has 3 rings (SSSR count). The minimum atomic E-state index is -5.08. The third-order valence-electron chi connectivity index (χ3n) is 5.21. The Morgan fingerprint density at radius 2 is 1.70 bits per heavy atom. The second-order valence-corrected chi connectivity index (χ2v) is 8.11. The van der Waals surface area contributed by atoms with Gasteiger partial charge in [0.05, 0.1) is 24.4 Å². The molecule has 1 aromatic heterocycles. The summed E-state index contributed by atoms with van der Waals surface area (Å²) in [5, 5.41) is 26.2. The molecule has 37 heavy (non-hydrogen) atoms. The van der Waals surface area contributed by atoms with Gasteiger partial charge in [-0.25, -0.2) is 9.59 Å². The van der Waals surface area contributed by atoms with E-state index in [-0.39, 0.29) is 12.1 Å². The summed E-state index contributed by atoms with van der Waals surface area (Å²) in [6, 6.07) is 4.25. The number of nitrogens with zero attached hydrogens (tertiary/aromatic N) is 3. The van der Waals surface area contributed by atoms with Crippen LogP contribution in [0, 0.1) is 12.8 Å². The number of carboxylic acids is 2. The van der Waals surface area contributed by atoms with Crippen LogP contribution in [0.4, 0.5) is 32.2 Å². The Bertz CT molecular complexity index is 816. The number of likely N-dealkylation sites (tertiary alicyclic amines) is 1. The maximum atomic E-state index is 10.6. The fourth-order valence-electron chi connectivity index (χ4n) is 3.61. The zero-order chi connectivity index (χ0) is 28.2. The lowest BCUT2D eigenvalue weighted by Gasteiger charge is -2.46. The number of carbonyl (C=O) groups is 2. The molecule has 0 amide bonds. The first-order valence-electron chi connectivity index (χ1n) is 11.2. The van der Waals surface area contributed by atoms with Crippen molar-refractivity contribution in [1.29, 1.82) is 0 Å². The van der Waals surface area contributed by atoms with Gasteiger partial charge in [0.15, 0.2) is 0 Å². The number of hydrogen-bond donors (Lipinski definition) is 3. The Morgan fingerprint density at radius 3 is 2.19 bits per heavy atom. The fourth-order valence-corrected chi connectivity index (χ4v) is 3.61. The lowest BCUT2D eigenvalue weighted by Crippen LogP contribution is -2.58. The monoisotopic (exact) mass is 548 g/mol. The number of halogens is 6. The first kappa shape index (κ1) is 32.3. The number of aliphatic carboxylic acids is 2. The highest BCUT2D eigenvalue weighted by molar-refractivity contribution is 5.73. The Hall–Kier alpha value is -2.72. The summed E-state index contributed by atoms with van der Waals surface area (Å²) in [6.07, 6.45) is -7.49. The number of aryl methyl sites for hydroxylation is 1. The van der Waals surface area contributed by atoms with Gasteiger partial charge in [-0.05, 0) is 44.7 Å². The molecule has 16 heteroatoms. The van der Waals surface area contributed by atoms with Gasteiger partial charge < -0.3 is 25.0 Å². The van der Waals surface area contributed by atoms with Crippen molar-refractivity contribution >= 4 is 17.8 Å². The minimum absolute atomic E-state index is 0.257. The summed E-state index contributed by atoms with van der Waals surface area (Å²) in [4.78, 5) is 20.3. The molecule has 1 unspecified atom stereocenters. The highest BCUT2D eigenvalue weighted by atomic mass is 19.4. The molecule has 2 aliphatic rings. The molecule has 3 N–H and O–H groups in total. The van der Waals surface area contributed by atoms with E-state index in [9.17, 15) is 26.3 Å². The number of aromatic nitrogens is 2. The Labute approximate surface area is 208 Å². The van der Waals surface area contributed by atoms with Gasteiger partial charge in [0.1, 0.15) is 5.82 Å². The van der Waals surface area contributed by atoms with Gasteiger partial charge in [0.2, 0.25) is 0 Å².